The highest BCUT2D eigenvalue weighted by molar-refractivity contribution is 5.93. The molecule has 4 rings (SSSR count). The van der Waals surface area contributed by atoms with Gasteiger partial charge in [0.2, 0.25) is 0 Å². The second-order valence-electron chi connectivity index (χ2n) is 6.59. The average Bonchev–Trinajstić information content (AvgIpc) is 3.19. The first-order valence-corrected chi connectivity index (χ1v) is 8.58. The minimum absolute atomic E-state index is 0.0330. The predicted octanol–water partition coefficient (Wildman–Crippen LogP) is 1.74. The van der Waals surface area contributed by atoms with Crippen LogP contribution in [0.3, 0.4) is 0 Å². The lowest BCUT2D eigenvalue weighted by Gasteiger charge is -2.38. The molecular weight excluding hydrogens is 351 g/mol. The highest BCUT2D eigenvalue weighted by atomic mass is 19.1. The largest absolute Gasteiger partial charge is 0.487 e. The van der Waals surface area contributed by atoms with Gasteiger partial charge in [-0.2, -0.15) is 5.10 Å². The molecule has 0 atom stereocenters. The quantitative estimate of drug-likeness (QED) is 0.684. The minimum atomic E-state index is -0.307. The van der Waals surface area contributed by atoms with Gasteiger partial charge in [0.05, 0.1) is 17.9 Å². The summed E-state index contributed by atoms with van der Waals surface area (Å²) in [5.74, 6) is 0.228. The Bertz CT molecular complexity index is 959. The van der Waals surface area contributed by atoms with E-state index in [9.17, 15) is 9.18 Å². The summed E-state index contributed by atoms with van der Waals surface area (Å²) < 4.78 is 21.8. The van der Waals surface area contributed by atoms with Crippen molar-refractivity contribution < 1.29 is 13.9 Å². The van der Waals surface area contributed by atoms with Gasteiger partial charge >= 0.3 is 0 Å². The third-order valence-corrected chi connectivity index (χ3v) is 4.50. The van der Waals surface area contributed by atoms with Crippen molar-refractivity contribution in [2.24, 2.45) is 7.05 Å². The number of carbonyl (C=O) groups excluding carboxylic acids is 1. The van der Waals surface area contributed by atoms with E-state index in [2.05, 4.69) is 15.4 Å². The maximum absolute atomic E-state index is 12.9. The van der Waals surface area contributed by atoms with E-state index < -0.39 is 0 Å². The van der Waals surface area contributed by atoms with Crippen LogP contribution in [0.2, 0.25) is 0 Å². The Hall–Kier alpha value is -3.23. The summed E-state index contributed by atoms with van der Waals surface area (Å²) in [6, 6.07) is 7.70. The van der Waals surface area contributed by atoms with Gasteiger partial charge in [-0.1, -0.05) is 5.21 Å². The number of halogens is 1. The minimum Gasteiger partial charge on any atom is -0.487 e. The fraction of sp³-hybridized carbons (Fsp3) is 0.333. The molecule has 1 saturated heterocycles. The van der Waals surface area contributed by atoms with Crippen LogP contribution in [0.5, 0.6) is 5.75 Å². The maximum atomic E-state index is 12.9. The van der Waals surface area contributed by atoms with Crippen LogP contribution in [0.1, 0.15) is 27.9 Å². The second-order valence-corrected chi connectivity index (χ2v) is 6.59. The third kappa shape index (κ3) is 3.53. The molecule has 0 bridgehead atoms. The fourth-order valence-corrected chi connectivity index (χ4v) is 3.01. The molecule has 1 aliphatic rings. The normalized spacial score (nSPS) is 14.3. The number of hydrogen-bond acceptors (Lipinski definition) is 5. The van der Waals surface area contributed by atoms with E-state index in [1.807, 2.05) is 13.1 Å². The summed E-state index contributed by atoms with van der Waals surface area (Å²) in [6.07, 6.45) is 1.81. The van der Waals surface area contributed by atoms with Crippen molar-refractivity contribution in [1.29, 1.82) is 0 Å². The van der Waals surface area contributed by atoms with E-state index in [1.165, 1.54) is 12.1 Å². The summed E-state index contributed by atoms with van der Waals surface area (Å²) in [7, 11) is 1.77. The third-order valence-electron chi connectivity index (χ3n) is 4.50. The van der Waals surface area contributed by atoms with Crippen molar-refractivity contribution in [2.75, 3.05) is 13.1 Å². The Morgan fingerprint density at radius 1 is 1.30 bits per heavy atom. The SMILES string of the molecule is Cc1cc(C(=O)N2CC(n3cc(COc4ccc(F)cc4)nn3)C2)n(C)n1. The second kappa shape index (κ2) is 6.82. The van der Waals surface area contributed by atoms with Crippen molar-refractivity contribution >= 4 is 5.91 Å². The van der Waals surface area contributed by atoms with Crippen molar-refractivity contribution in [1.82, 2.24) is 29.7 Å². The van der Waals surface area contributed by atoms with Crippen LogP contribution < -0.4 is 4.74 Å². The first-order chi connectivity index (χ1) is 13.0. The zero-order valence-corrected chi connectivity index (χ0v) is 15.0. The number of nitrogens with zero attached hydrogens (tertiary/aromatic N) is 6. The van der Waals surface area contributed by atoms with Gasteiger partial charge in [-0.15, -0.1) is 5.10 Å². The van der Waals surface area contributed by atoms with Gasteiger partial charge in [-0.25, -0.2) is 9.07 Å². The Kier molecular flexibility index (Phi) is 4.35. The van der Waals surface area contributed by atoms with E-state index in [-0.39, 0.29) is 24.4 Å². The molecule has 1 amide bonds. The summed E-state index contributed by atoms with van der Waals surface area (Å²) in [5, 5.41) is 12.4. The van der Waals surface area contributed by atoms with Gasteiger partial charge in [0, 0.05) is 20.1 Å². The number of ether oxygens (including phenoxy) is 1. The molecule has 8 nitrogen and oxygen atoms in total. The zero-order valence-electron chi connectivity index (χ0n) is 15.0. The molecule has 1 aromatic carbocycles. The van der Waals surface area contributed by atoms with Crippen molar-refractivity contribution in [3.8, 4) is 5.75 Å². The van der Waals surface area contributed by atoms with Crippen LogP contribution in [0.15, 0.2) is 36.5 Å². The molecule has 0 N–H and O–H groups in total. The topological polar surface area (TPSA) is 78.1 Å². The molecule has 3 heterocycles. The van der Waals surface area contributed by atoms with Crippen molar-refractivity contribution in [2.45, 2.75) is 19.6 Å². The number of hydrogen-bond donors (Lipinski definition) is 0. The lowest BCUT2D eigenvalue weighted by Crippen LogP contribution is -2.51. The van der Waals surface area contributed by atoms with Crippen LogP contribution in [-0.2, 0) is 13.7 Å². The van der Waals surface area contributed by atoms with Crippen LogP contribution >= 0.6 is 0 Å². The highest BCUT2D eigenvalue weighted by Gasteiger charge is 2.34. The van der Waals surface area contributed by atoms with E-state index in [0.29, 0.717) is 30.2 Å². The monoisotopic (exact) mass is 370 g/mol. The summed E-state index contributed by atoms with van der Waals surface area (Å²) in [6.45, 7) is 3.26. The number of likely N-dealkylation sites (tertiary alicyclic amines) is 1. The van der Waals surface area contributed by atoms with Gasteiger partial charge in [-0.3, -0.25) is 9.48 Å². The maximum Gasteiger partial charge on any atom is 0.272 e. The van der Waals surface area contributed by atoms with Gasteiger partial charge < -0.3 is 9.64 Å². The molecule has 9 heteroatoms. The molecular formula is C18H19FN6O2. The van der Waals surface area contributed by atoms with Crippen LogP contribution in [-0.4, -0.2) is 48.7 Å². The Morgan fingerprint density at radius 2 is 2.04 bits per heavy atom. The predicted molar refractivity (Wildman–Crippen MR) is 93.6 cm³/mol. The van der Waals surface area contributed by atoms with Gasteiger partial charge in [0.15, 0.2) is 0 Å². The zero-order chi connectivity index (χ0) is 19.0. The van der Waals surface area contributed by atoms with Gasteiger partial charge in [-0.05, 0) is 37.3 Å². The number of carbonyl (C=O) groups is 1. The lowest BCUT2D eigenvalue weighted by atomic mass is 10.1. The van der Waals surface area contributed by atoms with Gasteiger partial charge in [0.25, 0.3) is 5.91 Å². The smallest absolute Gasteiger partial charge is 0.272 e. The van der Waals surface area contributed by atoms with Crippen molar-refractivity contribution in [3.05, 3.63) is 59.4 Å². The molecule has 27 heavy (non-hydrogen) atoms. The molecule has 140 valence electrons. The number of rotatable bonds is 5. The molecule has 0 saturated carbocycles. The summed E-state index contributed by atoms with van der Waals surface area (Å²) in [4.78, 5) is 14.3. The molecule has 0 radical (unpaired) electrons. The first kappa shape index (κ1) is 17.2. The number of aryl methyl sites for hydroxylation is 2. The highest BCUT2D eigenvalue weighted by Crippen LogP contribution is 2.23. The molecule has 1 fully saturated rings. The number of amides is 1. The van der Waals surface area contributed by atoms with E-state index in [0.717, 1.165) is 5.69 Å². The lowest BCUT2D eigenvalue weighted by molar-refractivity contribution is 0.0487. The summed E-state index contributed by atoms with van der Waals surface area (Å²) in [5.41, 5.74) is 2.07. The number of benzene rings is 1. The fourth-order valence-electron chi connectivity index (χ4n) is 3.01. The standard InChI is InChI=1S/C18H19FN6O2/c1-12-7-17(23(2)21-12)18(26)24-9-15(10-24)25-8-14(20-22-25)11-27-16-5-3-13(19)4-6-16/h3-8,15H,9-11H2,1-2H3. The molecule has 0 unspecified atom stereocenters. The van der Waals surface area contributed by atoms with Crippen LogP contribution in [0, 0.1) is 12.7 Å². The van der Waals surface area contributed by atoms with Gasteiger partial charge in [0.1, 0.15) is 29.6 Å². The van der Waals surface area contributed by atoms with E-state index in [1.54, 1.807) is 39.5 Å². The molecule has 2 aromatic heterocycles. The Labute approximate surface area is 155 Å². The Balaban J connectivity index is 1.32. The summed E-state index contributed by atoms with van der Waals surface area (Å²) >= 11 is 0. The number of aromatic nitrogens is 5. The van der Waals surface area contributed by atoms with Crippen LogP contribution in [0.25, 0.3) is 0 Å². The molecule has 1 aliphatic heterocycles. The van der Waals surface area contributed by atoms with Crippen molar-refractivity contribution in [3.63, 3.8) is 0 Å². The average molecular weight is 370 g/mol. The first-order valence-electron chi connectivity index (χ1n) is 8.58. The van der Waals surface area contributed by atoms with E-state index in [4.69, 9.17) is 4.74 Å². The van der Waals surface area contributed by atoms with E-state index >= 15 is 0 Å². The molecule has 3 aromatic rings. The van der Waals surface area contributed by atoms with Crippen LogP contribution in [0.4, 0.5) is 4.39 Å². The molecule has 0 aliphatic carbocycles. The molecule has 0 spiro atoms. The Morgan fingerprint density at radius 3 is 2.70 bits per heavy atom.